The predicted molar refractivity (Wildman–Crippen MR) is 624 cm³/mol. The molecule has 0 N–H and O–H groups in total. The molecule has 0 amide bonds. The van der Waals surface area contributed by atoms with E-state index in [1.54, 1.807) is 0 Å². The van der Waals surface area contributed by atoms with E-state index in [1.165, 1.54) is 136 Å². The van der Waals surface area contributed by atoms with Gasteiger partial charge in [0, 0.05) is 104 Å². The molecule has 32 aromatic rings. The summed E-state index contributed by atoms with van der Waals surface area (Å²) in [5.74, 6) is 2.45. The van der Waals surface area contributed by atoms with Crippen LogP contribution in [0.1, 0.15) is 0 Å². The smallest absolute Gasteiger partial charge is 0.165 e. The molecule has 0 atom stereocenters. The quantitative estimate of drug-likeness (QED) is 0.128. The maximum atomic E-state index is 5.41. The molecule has 32 rings (SSSR count). The first kappa shape index (κ1) is 85.3. The highest BCUT2D eigenvalue weighted by Crippen LogP contribution is 2.50. The van der Waals surface area contributed by atoms with E-state index in [2.05, 4.69) is 476 Å². The molecule has 12 nitrogen and oxygen atoms in total. The second kappa shape index (κ2) is 34.7. The summed E-state index contributed by atoms with van der Waals surface area (Å²) in [5.41, 5.74) is 32.6. The molecule has 0 saturated carbocycles. The van der Waals surface area contributed by atoms with E-state index in [0.717, 1.165) is 151 Å². The van der Waals surface area contributed by atoms with E-state index >= 15 is 0 Å². The van der Waals surface area contributed by atoms with Crippen molar-refractivity contribution in [3.05, 3.63) is 522 Å². The fraction of sp³-hybridized carbons (Fsp3) is 0. The van der Waals surface area contributed by atoms with Crippen LogP contribution in [0.4, 0.5) is 0 Å². The minimum atomic E-state index is 0.810. The monoisotopic (exact) mass is 1910 g/mol. The van der Waals surface area contributed by atoms with Gasteiger partial charge in [0.05, 0.1) is 99.3 Å². The zero-order valence-electron chi connectivity index (χ0n) is 81.0. The Morgan fingerprint density at radius 2 is 0.420 bits per heavy atom. The number of rotatable bonds is 11. The first-order chi connectivity index (χ1) is 74.4. The number of benzene rings is 23. The molecule has 0 aliphatic rings. The molecular weight excluding hydrogens is 1830 g/mol. The molecule has 0 aliphatic carbocycles. The van der Waals surface area contributed by atoms with Gasteiger partial charge >= 0.3 is 0 Å². The number of para-hydroxylation sites is 12. The average molecular weight is 1910 g/mol. The number of hydrogen-bond donors (Lipinski definition) is 0. The molecule has 0 unspecified atom stereocenters. The van der Waals surface area contributed by atoms with Gasteiger partial charge in [-0.05, 0) is 189 Å². The highest BCUT2D eigenvalue weighted by Gasteiger charge is 2.30. The molecule has 23 aromatic carbocycles. The molecule has 0 fully saturated rings. The normalized spacial score (nSPS) is 11.9. The number of aromatic nitrogens is 12. The van der Waals surface area contributed by atoms with Gasteiger partial charge in [-0.2, -0.15) is 0 Å². The van der Waals surface area contributed by atoms with E-state index in [9.17, 15) is 0 Å². The second-order valence-corrected chi connectivity index (χ2v) is 38.7. The molecule has 150 heavy (non-hydrogen) atoms. The minimum absolute atomic E-state index is 0.810. The van der Waals surface area contributed by atoms with Crippen molar-refractivity contribution < 1.29 is 0 Å². The topological polar surface area (TPSA) is 107 Å². The number of fused-ring (bicyclic) bond motifs is 27. The molecule has 0 spiro atoms. The second-order valence-electron chi connectivity index (χ2n) is 38.7. The summed E-state index contributed by atoms with van der Waals surface area (Å²) in [6.07, 6.45) is 0. The van der Waals surface area contributed by atoms with Crippen LogP contribution >= 0.6 is 0 Å². The van der Waals surface area contributed by atoms with E-state index in [1.807, 2.05) is 72.8 Å². The highest BCUT2D eigenvalue weighted by molar-refractivity contribution is 6.30. The van der Waals surface area contributed by atoms with Gasteiger partial charge in [0.1, 0.15) is 17.1 Å². The van der Waals surface area contributed by atoms with Crippen LogP contribution in [-0.2, 0) is 0 Å². The molecule has 0 radical (unpaired) electrons. The van der Waals surface area contributed by atoms with Crippen molar-refractivity contribution >= 4 is 196 Å². The van der Waals surface area contributed by atoms with Crippen molar-refractivity contribution in [2.45, 2.75) is 0 Å². The van der Waals surface area contributed by atoms with Crippen LogP contribution in [0.15, 0.2) is 522 Å². The van der Waals surface area contributed by atoms with Gasteiger partial charge in [-0.15, -0.1) is 0 Å². The van der Waals surface area contributed by atoms with Gasteiger partial charge in [-0.1, -0.05) is 382 Å². The summed E-state index contributed by atoms with van der Waals surface area (Å²) in [7, 11) is 0. The third-order valence-electron chi connectivity index (χ3n) is 30.2. The van der Waals surface area contributed by atoms with Gasteiger partial charge in [-0.25, -0.2) is 29.9 Å². The zero-order chi connectivity index (χ0) is 98.5. The van der Waals surface area contributed by atoms with Crippen LogP contribution in [0, 0.1) is 0 Å². The van der Waals surface area contributed by atoms with Gasteiger partial charge in [0.25, 0.3) is 0 Å². The summed E-state index contributed by atoms with van der Waals surface area (Å²) >= 11 is 0. The lowest BCUT2D eigenvalue weighted by atomic mass is 9.94. The highest BCUT2D eigenvalue weighted by atomic mass is 15.1. The van der Waals surface area contributed by atoms with Crippen molar-refractivity contribution in [1.82, 2.24) is 57.3 Å². The lowest BCUT2D eigenvalue weighted by molar-refractivity contribution is 1.08. The standard InChI is InChI=1S/2C48H30N4.C42H26N4/c1-4-16-31(17-5-1)37-29-45-46(36-24-11-10-22-34(36)37)39-28-38-35-23-12-15-27-42(35)52(43(38)30-44(39)51(45)33-20-8-3-9-21-33)48-47(32-18-6-2-7-19-32)49-40-25-13-14-26-41(40)50-48;1-3-13-31(14-4-1)32-23-25-34(26-24-32)47-48(50-41-21-11-10-20-40(41)49-47)52-42-22-12-9-19-37(42)38-29-39-45(30-44(38)52)51(35-16-5-2-6-17-35)43-28-27-33-15-7-8-18-36(33)46(39)43;1-3-14-28(15-4-1)40-42(44-36-21-11-10-20-35(36)43-40)46-37-22-12-9-19-31(37)33-25-34-32-24-23-27-13-7-8-18-30(27)41(32)45(38(34)26-39(33)46)29-16-5-2-6-17-29/h2*1-30H;1-26H. The fourth-order valence-corrected chi connectivity index (χ4v) is 23.6. The van der Waals surface area contributed by atoms with E-state index in [4.69, 9.17) is 29.9 Å². The summed E-state index contributed by atoms with van der Waals surface area (Å²) in [6, 6.07) is 185. The van der Waals surface area contributed by atoms with Crippen LogP contribution in [0.25, 0.3) is 287 Å². The summed E-state index contributed by atoms with van der Waals surface area (Å²) in [4.78, 5) is 31.9. The largest absolute Gasteiger partial charge is 0.309 e. The molecule has 0 bridgehead atoms. The maximum absolute atomic E-state index is 5.41. The Kier molecular flexibility index (Phi) is 19.7. The lowest BCUT2D eigenvalue weighted by Crippen LogP contribution is -2.04. The first-order valence-electron chi connectivity index (χ1n) is 51.0. The Hall–Kier alpha value is -20.3. The molecule has 0 aliphatic heterocycles. The summed E-state index contributed by atoms with van der Waals surface area (Å²) < 4.78 is 14.3. The predicted octanol–water partition coefficient (Wildman–Crippen LogP) is 35.3. The Balaban J connectivity index is 0.000000104. The van der Waals surface area contributed by atoms with Crippen molar-refractivity contribution in [2.24, 2.45) is 0 Å². The Bertz CT molecular complexity index is 11100. The molecular formula is C138H86N12. The molecule has 9 heterocycles. The SMILES string of the molecule is c1ccc(-c2ccc(-c3nc4ccccc4nc3-n3c4ccccc4c4cc5c6c7ccccc7ccc6n(-c6ccccc6)c5cc43)cc2)cc1.c1ccc(-c2nc3ccccc3nc2-n2c3ccccc3c3cc4c5c6ccccc6c(-c6ccccc6)cc5n(-c5ccccc5)c4cc32)cc1.c1ccc(-c2nc3ccccc3nc2-n2c3ccccc3c3cc4c5ccc6ccccc6c5n(-c5ccccc5)c4cc32)cc1. The first-order valence-corrected chi connectivity index (χ1v) is 51.0. The maximum Gasteiger partial charge on any atom is 0.165 e. The van der Waals surface area contributed by atoms with Gasteiger partial charge < -0.3 is 13.7 Å². The third kappa shape index (κ3) is 13.7. The van der Waals surface area contributed by atoms with Crippen LogP contribution in [0.3, 0.4) is 0 Å². The van der Waals surface area contributed by atoms with Crippen LogP contribution in [0.5, 0.6) is 0 Å². The van der Waals surface area contributed by atoms with Crippen LogP contribution in [-0.4, -0.2) is 57.3 Å². The lowest BCUT2D eigenvalue weighted by Gasteiger charge is -2.14. The Labute approximate surface area is 859 Å². The zero-order valence-corrected chi connectivity index (χ0v) is 81.0. The Morgan fingerprint density at radius 1 is 0.133 bits per heavy atom. The van der Waals surface area contributed by atoms with Crippen molar-refractivity contribution in [1.29, 1.82) is 0 Å². The minimum Gasteiger partial charge on any atom is -0.309 e. The van der Waals surface area contributed by atoms with Gasteiger partial charge in [-0.3, -0.25) is 13.7 Å². The molecule has 0 saturated heterocycles. The summed E-state index contributed by atoms with van der Waals surface area (Å²) in [5, 5.41) is 22.0. The number of hydrogen-bond acceptors (Lipinski definition) is 6. The average Bonchev–Trinajstić information content (AvgIpc) is 1.83. The van der Waals surface area contributed by atoms with E-state index in [-0.39, 0.29) is 0 Å². The van der Waals surface area contributed by atoms with E-state index in [0.29, 0.717) is 0 Å². The van der Waals surface area contributed by atoms with Gasteiger partial charge in [0.2, 0.25) is 0 Å². The molecule has 12 heteroatoms. The molecule has 9 aromatic heterocycles. The Morgan fingerprint density at radius 3 is 0.867 bits per heavy atom. The summed E-state index contributed by atoms with van der Waals surface area (Å²) in [6.45, 7) is 0. The third-order valence-corrected chi connectivity index (χ3v) is 30.2. The fourth-order valence-electron chi connectivity index (χ4n) is 23.6. The number of nitrogens with zero attached hydrogens (tertiary/aromatic N) is 12. The van der Waals surface area contributed by atoms with Crippen LogP contribution < -0.4 is 0 Å². The van der Waals surface area contributed by atoms with Crippen molar-refractivity contribution in [3.8, 4) is 90.5 Å². The van der Waals surface area contributed by atoms with Gasteiger partial charge in [0.15, 0.2) is 17.5 Å². The van der Waals surface area contributed by atoms with Crippen LogP contribution in [0.2, 0.25) is 0 Å². The van der Waals surface area contributed by atoms with Crippen molar-refractivity contribution in [3.63, 3.8) is 0 Å². The van der Waals surface area contributed by atoms with E-state index < -0.39 is 0 Å². The van der Waals surface area contributed by atoms with Crippen molar-refractivity contribution in [2.75, 3.05) is 0 Å². The molecule has 698 valence electrons.